The fourth-order valence-corrected chi connectivity index (χ4v) is 3.49. The van der Waals surface area contributed by atoms with E-state index in [0.29, 0.717) is 19.7 Å². The summed E-state index contributed by atoms with van der Waals surface area (Å²) in [5, 5.41) is 2.65. The maximum atomic E-state index is 13.6. The van der Waals surface area contributed by atoms with Crippen molar-refractivity contribution in [1.29, 1.82) is 0 Å². The predicted molar refractivity (Wildman–Crippen MR) is 114 cm³/mol. The van der Waals surface area contributed by atoms with Gasteiger partial charge in [0.05, 0.1) is 6.04 Å². The minimum atomic E-state index is -0.772. The lowest BCUT2D eigenvalue weighted by Crippen LogP contribution is -2.54. The van der Waals surface area contributed by atoms with Crippen molar-refractivity contribution in [3.63, 3.8) is 0 Å². The molecule has 0 fully saturated rings. The van der Waals surface area contributed by atoms with E-state index >= 15 is 0 Å². The predicted octanol–water partition coefficient (Wildman–Crippen LogP) is 2.06. The van der Waals surface area contributed by atoms with Crippen molar-refractivity contribution >= 4 is 11.8 Å². The fourth-order valence-electron chi connectivity index (χ4n) is 3.49. The molecule has 7 nitrogen and oxygen atoms in total. The van der Waals surface area contributed by atoms with Gasteiger partial charge in [-0.05, 0) is 39.2 Å². The molecule has 1 aliphatic rings. The molecule has 2 aromatic rings. The highest BCUT2D eigenvalue weighted by Gasteiger charge is 2.32. The van der Waals surface area contributed by atoms with Crippen molar-refractivity contribution in [1.82, 2.24) is 15.1 Å². The fraction of sp³-hybridized carbons (Fsp3) is 0.391. The molecule has 0 saturated carbocycles. The third-order valence-corrected chi connectivity index (χ3v) is 4.99. The summed E-state index contributed by atoms with van der Waals surface area (Å²) in [7, 11) is 3.87. The SMILES string of the molecule is C[C@H](NC(=O)COc1ccccc1F)C(=O)N1Cc2ccccc2OC[C@@H]1CN(C)C. The molecule has 166 valence electrons. The van der Waals surface area contributed by atoms with Gasteiger partial charge in [-0.2, -0.15) is 0 Å². The summed E-state index contributed by atoms with van der Waals surface area (Å²) in [6.07, 6.45) is 0. The molecule has 0 spiro atoms. The van der Waals surface area contributed by atoms with Crippen LogP contribution in [0.4, 0.5) is 4.39 Å². The number of carbonyl (C=O) groups excluding carboxylic acids is 2. The summed E-state index contributed by atoms with van der Waals surface area (Å²) < 4.78 is 24.8. The Morgan fingerprint density at radius 2 is 1.94 bits per heavy atom. The maximum absolute atomic E-state index is 13.6. The lowest BCUT2D eigenvalue weighted by Gasteiger charge is -2.33. The molecule has 1 heterocycles. The van der Waals surface area contributed by atoms with Gasteiger partial charge in [-0.15, -0.1) is 0 Å². The lowest BCUT2D eigenvalue weighted by molar-refractivity contribution is -0.139. The summed E-state index contributed by atoms with van der Waals surface area (Å²) in [6.45, 7) is 2.62. The molecule has 0 aliphatic carbocycles. The molecule has 1 aliphatic heterocycles. The zero-order valence-corrected chi connectivity index (χ0v) is 18.0. The van der Waals surface area contributed by atoms with Crippen molar-refractivity contribution < 1.29 is 23.5 Å². The van der Waals surface area contributed by atoms with Gasteiger partial charge in [-0.25, -0.2) is 4.39 Å². The largest absolute Gasteiger partial charge is 0.491 e. The molecular weight excluding hydrogens is 401 g/mol. The van der Waals surface area contributed by atoms with E-state index in [-0.39, 0.29) is 24.3 Å². The second-order valence-corrected chi connectivity index (χ2v) is 7.81. The Bertz CT molecular complexity index is 921. The number of hydrogen-bond donors (Lipinski definition) is 1. The zero-order valence-electron chi connectivity index (χ0n) is 18.0. The molecule has 2 amide bonds. The number of carbonyl (C=O) groups is 2. The summed E-state index contributed by atoms with van der Waals surface area (Å²) in [5.74, 6) is -0.513. The number of likely N-dealkylation sites (N-methyl/N-ethyl adjacent to an activating group) is 1. The molecule has 8 heteroatoms. The number of nitrogens with one attached hydrogen (secondary N) is 1. The third kappa shape index (κ3) is 5.95. The third-order valence-electron chi connectivity index (χ3n) is 4.99. The molecule has 2 atom stereocenters. The molecule has 0 unspecified atom stereocenters. The van der Waals surface area contributed by atoms with E-state index in [9.17, 15) is 14.0 Å². The second kappa shape index (κ2) is 10.3. The number of nitrogens with zero attached hydrogens (tertiary/aromatic N) is 2. The topological polar surface area (TPSA) is 71.1 Å². The average molecular weight is 429 g/mol. The van der Waals surface area contributed by atoms with Crippen LogP contribution in [0.3, 0.4) is 0 Å². The summed E-state index contributed by atoms with van der Waals surface area (Å²) in [6, 6.07) is 12.5. The molecule has 0 saturated heterocycles. The molecule has 0 aromatic heterocycles. The standard InChI is InChI=1S/C23H28FN3O4/c1-16(25-22(28)15-31-21-11-7-5-9-19(21)24)23(29)27-12-17-8-4-6-10-20(17)30-14-18(27)13-26(2)3/h4-11,16,18H,12-15H2,1-3H3,(H,25,28)/t16-,18-/m0/s1. The van der Waals surface area contributed by atoms with Crippen LogP contribution in [-0.4, -0.2) is 67.6 Å². The van der Waals surface area contributed by atoms with E-state index in [1.54, 1.807) is 17.9 Å². The Kier molecular flexibility index (Phi) is 7.46. The van der Waals surface area contributed by atoms with Crippen LogP contribution in [0.15, 0.2) is 48.5 Å². The second-order valence-electron chi connectivity index (χ2n) is 7.81. The first-order chi connectivity index (χ1) is 14.8. The van der Waals surface area contributed by atoms with E-state index in [2.05, 4.69) is 5.32 Å². The van der Waals surface area contributed by atoms with Gasteiger partial charge in [0.2, 0.25) is 5.91 Å². The number of amides is 2. The molecular formula is C23H28FN3O4. The highest BCUT2D eigenvalue weighted by atomic mass is 19.1. The van der Waals surface area contributed by atoms with E-state index in [0.717, 1.165) is 11.3 Å². The number of halogens is 1. The van der Waals surface area contributed by atoms with E-state index in [4.69, 9.17) is 9.47 Å². The number of fused-ring (bicyclic) bond motifs is 1. The number of para-hydroxylation sites is 2. The van der Waals surface area contributed by atoms with Gasteiger partial charge in [0.25, 0.3) is 5.91 Å². The van der Waals surface area contributed by atoms with Crippen LogP contribution >= 0.6 is 0 Å². The Morgan fingerprint density at radius 1 is 1.23 bits per heavy atom. The highest BCUT2D eigenvalue weighted by Crippen LogP contribution is 2.25. The number of rotatable bonds is 7. The molecule has 3 rings (SSSR count). The minimum Gasteiger partial charge on any atom is -0.491 e. The number of benzene rings is 2. The van der Waals surface area contributed by atoms with Gasteiger partial charge < -0.3 is 24.6 Å². The smallest absolute Gasteiger partial charge is 0.258 e. The normalized spacial score (nSPS) is 16.7. The molecule has 0 bridgehead atoms. The van der Waals surface area contributed by atoms with Crippen molar-refractivity contribution in [3.8, 4) is 11.5 Å². The van der Waals surface area contributed by atoms with Crippen LogP contribution in [-0.2, 0) is 16.1 Å². The van der Waals surface area contributed by atoms with Crippen LogP contribution in [0, 0.1) is 5.82 Å². The van der Waals surface area contributed by atoms with Crippen LogP contribution in [0.2, 0.25) is 0 Å². The van der Waals surface area contributed by atoms with Gasteiger partial charge in [0.1, 0.15) is 18.4 Å². The summed E-state index contributed by atoms with van der Waals surface area (Å²) in [4.78, 5) is 29.3. The molecule has 2 aromatic carbocycles. The molecule has 1 N–H and O–H groups in total. The Morgan fingerprint density at radius 3 is 2.68 bits per heavy atom. The van der Waals surface area contributed by atoms with E-state index in [1.165, 1.54) is 18.2 Å². The first-order valence-corrected chi connectivity index (χ1v) is 10.2. The minimum absolute atomic E-state index is 0.0102. The van der Waals surface area contributed by atoms with Gasteiger partial charge in [0.15, 0.2) is 18.2 Å². The van der Waals surface area contributed by atoms with E-state index in [1.807, 2.05) is 43.3 Å². The van der Waals surface area contributed by atoms with Gasteiger partial charge >= 0.3 is 0 Å². The van der Waals surface area contributed by atoms with Crippen LogP contribution in [0.25, 0.3) is 0 Å². The van der Waals surface area contributed by atoms with Gasteiger partial charge in [-0.3, -0.25) is 9.59 Å². The van der Waals surface area contributed by atoms with Crippen molar-refractivity contribution in [3.05, 3.63) is 59.9 Å². The van der Waals surface area contributed by atoms with Crippen LogP contribution < -0.4 is 14.8 Å². The maximum Gasteiger partial charge on any atom is 0.258 e. The van der Waals surface area contributed by atoms with Gasteiger partial charge in [0, 0.05) is 18.7 Å². The summed E-state index contributed by atoms with van der Waals surface area (Å²) in [5.41, 5.74) is 0.915. The average Bonchev–Trinajstić information content (AvgIpc) is 2.92. The van der Waals surface area contributed by atoms with Crippen LogP contribution in [0.1, 0.15) is 12.5 Å². The van der Waals surface area contributed by atoms with Gasteiger partial charge in [-0.1, -0.05) is 30.3 Å². The zero-order chi connectivity index (χ0) is 22.4. The first kappa shape index (κ1) is 22.6. The monoisotopic (exact) mass is 429 g/mol. The quantitative estimate of drug-likeness (QED) is 0.730. The van der Waals surface area contributed by atoms with Crippen molar-refractivity contribution in [2.45, 2.75) is 25.6 Å². The summed E-state index contributed by atoms with van der Waals surface area (Å²) >= 11 is 0. The highest BCUT2D eigenvalue weighted by molar-refractivity contribution is 5.88. The number of ether oxygens (including phenoxy) is 2. The first-order valence-electron chi connectivity index (χ1n) is 10.2. The lowest BCUT2D eigenvalue weighted by atomic mass is 10.1. The van der Waals surface area contributed by atoms with Crippen molar-refractivity contribution in [2.75, 3.05) is 33.9 Å². The molecule has 0 radical (unpaired) electrons. The van der Waals surface area contributed by atoms with Crippen LogP contribution in [0.5, 0.6) is 11.5 Å². The number of hydrogen-bond acceptors (Lipinski definition) is 5. The Balaban J connectivity index is 1.66. The Labute approximate surface area is 181 Å². The van der Waals surface area contributed by atoms with Crippen molar-refractivity contribution in [2.24, 2.45) is 0 Å². The Hall–Kier alpha value is -3.13. The van der Waals surface area contributed by atoms with E-state index < -0.39 is 17.8 Å². The molecule has 31 heavy (non-hydrogen) atoms.